The van der Waals surface area contributed by atoms with Gasteiger partial charge in [-0.05, 0) is 56.9 Å². The second-order valence-electron chi connectivity index (χ2n) is 6.48. The van der Waals surface area contributed by atoms with Crippen molar-refractivity contribution in [3.63, 3.8) is 0 Å². The minimum atomic E-state index is -0.203. The molecule has 1 aliphatic carbocycles. The van der Waals surface area contributed by atoms with E-state index in [1.807, 2.05) is 6.92 Å². The van der Waals surface area contributed by atoms with Crippen molar-refractivity contribution in [3.05, 3.63) is 29.0 Å². The van der Waals surface area contributed by atoms with Crippen molar-refractivity contribution in [1.82, 2.24) is 25.5 Å². The number of aromatic amines is 2. The third kappa shape index (κ3) is 2.62. The number of nitrogens with one attached hydrogen (secondary N) is 4. The van der Waals surface area contributed by atoms with Gasteiger partial charge in [-0.1, -0.05) is 0 Å². The van der Waals surface area contributed by atoms with Crippen LogP contribution in [0.5, 0.6) is 0 Å². The first-order chi connectivity index (χ1) is 11.5. The van der Waals surface area contributed by atoms with E-state index in [1.165, 1.54) is 11.1 Å². The molecular formula is C17H20N6O. The van der Waals surface area contributed by atoms with Crippen molar-refractivity contribution in [2.45, 2.75) is 39.7 Å². The Labute approximate surface area is 139 Å². The number of fused-ring (bicyclic) bond motifs is 1. The number of anilines is 1. The first-order valence-electron chi connectivity index (χ1n) is 8.11. The number of hydrogen-bond donors (Lipinski definition) is 4. The fraction of sp³-hybridized carbons (Fsp3) is 0.353. The molecule has 4 N–H and O–H groups in total. The van der Waals surface area contributed by atoms with E-state index in [-0.39, 0.29) is 6.03 Å². The second kappa shape index (κ2) is 5.36. The number of aryl methyl sites for hydroxylation is 3. The second-order valence-corrected chi connectivity index (χ2v) is 6.48. The highest BCUT2D eigenvalue weighted by Crippen LogP contribution is 2.29. The molecule has 1 saturated carbocycles. The number of rotatable bonds is 3. The zero-order valence-electron chi connectivity index (χ0n) is 13.9. The molecule has 1 aromatic carbocycles. The Morgan fingerprint density at radius 2 is 1.96 bits per heavy atom. The molecule has 0 saturated heterocycles. The number of urea groups is 1. The van der Waals surface area contributed by atoms with Crippen LogP contribution in [0.25, 0.3) is 22.6 Å². The Morgan fingerprint density at radius 1 is 1.21 bits per heavy atom. The van der Waals surface area contributed by atoms with Gasteiger partial charge in [0.25, 0.3) is 0 Å². The molecule has 3 aromatic rings. The maximum Gasteiger partial charge on any atom is 0.319 e. The molecular weight excluding hydrogens is 304 g/mol. The van der Waals surface area contributed by atoms with Crippen molar-refractivity contribution in [2.75, 3.05) is 5.32 Å². The molecule has 2 aromatic heterocycles. The molecule has 0 aliphatic heterocycles. The van der Waals surface area contributed by atoms with Gasteiger partial charge in [0.1, 0.15) is 0 Å². The molecule has 4 rings (SSSR count). The number of aromatic nitrogens is 4. The zero-order valence-corrected chi connectivity index (χ0v) is 13.9. The Kier molecular flexibility index (Phi) is 3.30. The van der Waals surface area contributed by atoms with E-state index in [4.69, 9.17) is 0 Å². The SMILES string of the molecule is Cc1cc2nc(-c3n[nH]c(C)c3NC(=O)NC3CC3)[nH]c2cc1C. The van der Waals surface area contributed by atoms with Crippen molar-refractivity contribution < 1.29 is 4.79 Å². The van der Waals surface area contributed by atoms with Gasteiger partial charge in [0.05, 0.1) is 22.4 Å². The normalized spacial score (nSPS) is 14.1. The molecule has 7 heteroatoms. The van der Waals surface area contributed by atoms with Crippen LogP contribution in [0.3, 0.4) is 0 Å². The number of carbonyl (C=O) groups excluding carboxylic acids is 1. The van der Waals surface area contributed by atoms with Crippen LogP contribution in [0.1, 0.15) is 29.7 Å². The van der Waals surface area contributed by atoms with Gasteiger partial charge in [-0.3, -0.25) is 5.10 Å². The molecule has 1 fully saturated rings. The van der Waals surface area contributed by atoms with E-state index in [2.05, 4.69) is 56.8 Å². The molecule has 0 unspecified atom stereocenters. The van der Waals surface area contributed by atoms with E-state index in [9.17, 15) is 4.79 Å². The standard InChI is InChI=1S/C17H20N6O/c1-8-6-12-13(7-9(8)2)20-16(19-12)15-14(10(3)22-23-15)21-17(24)18-11-4-5-11/h6-7,11H,4-5H2,1-3H3,(H,19,20)(H,22,23)(H2,18,21,24). The van der Waals surface area contributed by atoms with Gasteiger partial charge in [-0.25, -0.2) is 9.78 Å². The highest BCUT2D eigenvalue weighted by molar-refractivity contribution is 5.94. The maximum absolute atomic E-state index is 12.1. The Hall–Kier alpha value is -2.83. The number of nitrogens with zero attached hydrogens (tertiary/aromatic N) is 2. The summed E-state index contributed by atoms with van der Waals surface area (Å²) in [5.74, 6) is 0.640. The quantitative estimate of drug-likeness (QED) is 0.595. The lowest BCUT2D eigenvalue weighted by molar-refractivity contribution is 0.251. The van der Waals surface area contributed by atoms with Gasteiger partial charge >= 0.3 is 6.03 Å². The lowest BCUT2D eigenvalue weighted by Crippen LogP contribution is -2.30. The van der Waals surface area contributed by atoms with Gasteiger partial charge < -0.3 is 15.6 Å². The molecule has 124 valence electrons. The number of benzene rings is 1. The number of imidazole rings is 1. The number of H-pyrrole nitrogens is 2. The van der Waals surface area contributed by atoms with Gasteiger partial charge in [-0.2, -0.15) is 5.10 Å². The van der Waals surface area contributed by atoms with E-state index in [1.54, 1.807) is 0 Å². The zero-order chi connectivity index (χ0) is 16.8. The van der Waals surface area contributed by atoms with Crippen LogP contribution < -0.4 is 10.6 Å². The summed E-state index contributed by atoms with van der Waals surface area (Å²) >= 11 is 0. The van der Waals surface area contributed by atoms with Crippen LogP contribution in [0, 0.1) is 20.8 Å². The van der Waals surface area contributed by atoms with E-state index in [0.29, 0.717) is 23.2 Å². The van der Waals surface area contributed by atoms with E-state index in [0.717, 1.165) is 29.6 Å². The lowest BCUT2D eigenvalue weighted by atomic mass is 10.1. The highest BCUT2D eigenvalue weighted by atomic mass is 16.2. The minimum Gasteiger partial charge on any atom is -0.337 e. The number of carbonyl (C=O) groups is 1. The van der Waals surface area contributed by atoms with Crippen LogP contribution in [0.2, 0.25) is 0 Å². The van der Waals surface area contributed by atoms with E-state index < -0.39 is 0 Å². The molecule has 24 heavy (non-hydrogen) atoms. The largest absolute Gasteiger partial charge is 0.337 e. The summed E-state index contributed by atoms with van der Waals surface area (Å²) in [6.07, 6.45) is 2.10. The summed E-state index contributed by atoms with van der Waals surface area (Å²) in [4.78, 5) is 20.0. The average molecular weight is 324 g/mol. The minimum absolute atomic E-state index is 0.203. The van der Waals surface area contributed by atoms with Crippen molar-refractivity contribution in [2.24, 2.45) is 0 Å². The third-order valence-electron chi connectivity index (χ3n) is 4.42. The number of amides is 2. The van der Waals surface area contributed by atoms with Crippen LogP contribution in [0.15, 0.2) is 12.1 Å². The lowest BCUT2D eigenvalue weighted by Gasteiger charge is -2.06. The Morgan fingerprint density at radius 3 is 2.71 bits per heavy atom. The summed E-state index contributed by atoms with van der Waals surface area (Å²) in [6, 6.07) is 4.23. The molecule has 0 spiro atoms. The van der Waals surface area contributed by atoms with E-state index >= 15 is 0 Å². The average Bonchev–Trinajstić information content (AvgIpc) is 3.14. The van der Waals surface area contributed by atoms with Gasteiger partial charge in [0.2, 0.25) is 0 Å². The summed E-state index contributed by atoms with van der Waals surface area (Å²) in [5, 5.41) is 13.0. The van der Waals surface area contributed by atoms with Crippen molar-refractivity contribution >= 4 is 22.8 Å². The summed E-state index contributed by atoms with van der Waals surface area (Å²) in [7, 11) is 0. The molecule has 0 radical (unpaired) electrons. The van der Waals surface area contributed by atoms with Crippen molar-refractivity contribution in [3.8, 4) is 11.5 Å². The van der Waals surface area contributed by atoms with Gasteiger partial charge in [0, 0.05) is 6.04 Å². The first kappa shape index (κ1) is 14.7. The fourth-order valence-electron chi connectivity index (χ4n) is 2.70. The first-order valence-corrected chi connectivity index (χ1v) is 8.11. The maximum atomic E-state index is 12.1. The van der Waals surface area contributed by atoms with Crippen LogP contribution >= 0.6 is 0 Å². The number of hydrogen-bond acceptors (Lipinski definition) is 3. The van der Waals surface area contributed by atoms with Crippen LogP contribution in [0.4, 0.5) is 10.5 Å². The topological polar surface area (TPSA) is 98.5 Å². The van der Waals surface area contributed by atoms with Crippen LogP contribution in [-0.2, 0) is 0 Å². The Balaban J connectivity index is 1.69. The molecule has 7 nitrogen and oxygen atoms in total. The van der Waals surface area contributed by atoms with Crippen LogP contribution in [-0.4, -0.2) is 32.2 Å². The monoisotopic (exact) mass is 324 g/mol. The molecule has 2 heterocycles. The summed E-state index contributed by atoms with van der Waals surface area (Å²) in [5.41, 5.74) is 6.32. The Bertz CT molecular complexity index is 895. The third-order valence-corrected chi connectivity index (χ3v) is 4.42. The van der Waals surface area contributed by atoms with Gasteiger partial charge in [0.15, 0.2) is 11.5 Å². The smallest absolute Gasteiger partial charge is 0.319 e. The molecule has 0 bridgehead atoms. The summed E-state index contributed by atoms with van der Waals surface area (Å²) in [6.45, 7) is 6.01. The van der Waals surface area contributed by atoms with Crippen molar-refractivity contribution in [1.29, 1.82) is 0 Å². The highest BCUT2D eigenvalue weighted by Gasteiger charge is 2.25. The van der Waals surface area contributed by atoms with Gasteiger partial charge in [-0.15, -0.1) is 0 Å². The molecule has 1 aliphatic rings. The predicted molar refractivity (Wildman–Crippen MR) is 93.1 cm³/mol. The molecule has 2 amide bonds. The summed E-state index contributed by atoms with van der Waals surface area (Å²) < 4.78 is 0. The fourth-order valence-corrected chi connectivity index (χ4v) is 2.70. The molecule has 0 atom stereocenters. The predicted octanol–water partition coefficient (Wildman–Crippen LogP) is 3.16.